The zero-order valence-electron chi connectivity index (χ0n) is 7.86. The molecule has 0 amide bonds. The molecular formula is C7H5Cl2N3O4. The van der Waals surface area contributed by atoms with Crippen molar-refractivity contribution in [3.63, 3.8) is 0 Å². The Morgan fingerprint density at radius 1 is 1.56 bits per heavy atom. The lowest BCUT2D eigenvalue weighted by atomic mass is 10.3. The molecule has 1 aromatic heterocycles. The third-order valence-electron chi connectivity index (χ3n) is 1.67. The van der Waals surface area contributed by atoms with Crippen molar-refractivity contribution in [2.45, 2.75) is 0 Å². The van der Waals surface area contributed by atoms with Crippen molar-refractivity contribution in [2.24, 2.45) is 0 Å². The number of methoxy groups -OCH3 is 1. The molecule has 0 atom stereocenters. The molecule has 0 aliphatic rings. The van der Waals surface area contributed by atoms with Crippen molar-refractivity contribution < 1.29 is 14.5 Å². The predicted octanol–water partition coefficient (Wildman–Crippen LogP) is 1.67. The average molecular weight is 266 g/mol. The van der Waals surface area contributed by atoms with Gasteiger partial charge in [0.2, 0.25) is 5.15 Å². The molecule has 0 spiro atoms. The Labute approximate surface area is 99.3 Å². The van der Waals surface area contributed by atoms with Crippen LogP contribution in [0, 0.1) is 10.1 Å². The van der Waals surface area contributed by atoms with Gasteiger partial charge in [0.05, 0.1) is 12.0 Å². The molecule has 2 N–H and O–H groups in total. The minimum Gasteiger partial charge on any atom is -0.464 e. The summed E-state index contributed by atoms with van der Waals surface area (Å²) in [6.45, 7) is 0. The van der Waals surface area contributed by atoms with Gasteiger partial charge in [-0.25, -0.2) is 9.78 Å². The number of esters is 1. The van der Waals surface area contributed by atoms with E-state index in [-0.39, 0.29) is 10.7 Å². The largest absolute Gasteiger partial charge is 0.464 e. The minimum atomic E-state index is -0.881. The van der Waals surface area contributed by atoms with Crippen LogP contribution in [0.2, 0.25) is 10.2 Å². The molecule has 7 nitrogen and oxygen atoms in total. The Bertz CT molecular complexity index is 477. The second kappa shape index (κ2) is 4.50. The Balaban J connectivity index is 3.51. The van der Waals surface area contributed by atoms with Crippen LogP contribution in [0.25, 0.3) is 0 Å². The minimum absolute atomic E-state index is 0.358. The zero-order chi connectivity index (χ0) is 12.5. The molecule has 0 saturated heterocycles. The summed E-state index contributed by atoms with van der Waals surface area (Å²) in [4.78, 5) is 24.4. The fraction of sp³-hybridized carbons (Fsp3) is 0.143. The van der Waals surface area contributed by atoms with Crippen LogP contribution in [0.1, 0.15) is 10.5 Å². The van der Waals surface area contributed by atoms with E-state index >= 15 is 0 Å². The lowest BCUT2D eigenvalue weighted by Gasteiger charge is -2.05. The molecule has 0 aliphatic heterocycles. The van der Waals surface area contributed by atoms with Gasteiger partial charge in [-0.15, -0.1) is 0 Å². The highest BCUT2D eigenvalue weighted by atomic mass is 35.5. The van der Waals surface area contributed by atoms with Crippen LogP contribution in [0.5, 0.6) is 0 Å². The number of carbonyl (C=O) groups is 1. The zero-order valence-corrected chi connectivity index (χ0v) is 9.37. The maximum Gasteiger partial charge on any atom is 0.358 e. The molecule has 0 saturated carbocycles. The van der Waals surface area contributed by atoms with E-state index in [0.29, 0.717) is 0 Å². The number of nitrogens with two attached hydrogens (primary N) is 1. The van der Waals surface area contributed by atoms with Crippen LogP contribution in [0.4, 0.5) is 11.4 Å². The van der Waals surface area contributed by atoms with E-state index in [1.807, 2.05) is 0 Å². The number of nitrogen functional groups attached to an aromatic ring is 1. The van der Waals surface area contributed by atoms with Crippen molar-refractivity contribution in [3.05, 3.63) is 26.0 Å². The first-order valence-electron chi connectivity index (χ1n) is 3.77. The standard InChI is InChI=1S/C7H5Cl2N3O4/c1-16-7(13)4-2(8)3(10)5(12(14)15)6(9)11-4/h1H3,(H2,10,11). The highest BCUT2D eigenvalue weighted by Crippen LogP contribution is 2.36. The summed E-state index contributed by atoms with van der Waals surface area (Å²) >= 11 is 11.1. The number of rotatable bonds is 2. The molecule has 0 aromatic carbocycles. The van der Waals surface area contributed by atoms with Crippen LogP contribution in [0.3, 0.4) is 0 Å². The summed E-state index contributed by atoms with van der Waals surface area (Å²) in [5.74, 6) is -0.881. The molecule has 0 unspecified atom stereocenters. The van der Waals surface area contributed by atoms with Gasteiger partial charge in [-0.3, -0.25) is 10.1 Å². The first kappa shape index (κ1) is 12.5. The lowest BCUT2D eigenvalue weighted by Crippen LogP contribution is -2.09. The number of nitro groups is 1. The molecule has 1 heterocycles. The number of carbonyl (C=O) groups excluding carboxylic acids is 1. The Morgan fingerprint density at radius 3 is 2.56 bits per heavy atom. The maximum absolute atomic E-state index is 11.2. The quantitative estimate of drug-likeness (QED) is 0.377. The number of nitrogens with zero attached hydrogens (tertiary/aromatic N) is 2. The molecule has 0 fully saturated rings. The van der Waals surface area contributed by atoms with Gasteiger partial charge >= 0.3 is 11.7 Å². The number of pyridine rings is 1. The second-order valence-corrected chi connectivity index (χ2v) is 3.31. The van der Waals surface area contributed by atoms with Gasteiger partial charge < -0.3 is 10.5 Å². The van der Waals surface area contributed by atoms with Crippen LogP contribution < -0.4 is 5.73 Å². The van der Waals surface area contributed by atoms with Crippen molar-refractivity contribution in [1.29, 1.82) is 0 Å². The lowest BCUT2D eigenvalue weighted by molar-refractivity contribution is -0.384. The monoisotopic (exact) mass is 265 g/mol. The third-order valence-corrected chi connectivity index (χ3v) is 2.31. The molecule has 1 aromatic rings. The molecule has 16 heavy (non-hydrogen) atoms. The van der Waals surface area contributed by atoms with Crippen molar-refractivity contribution in [3.8, 4) is 0 Å². The molecule has 0 bridgehead atoms. The Morgan fingerprint density at radius 2 is 2.12 bits per heavy atom. The van der Waals surface area contributed by atoms with Crippen molar-refractivity contribution in [1.82, 2.24) is 4.98 Å². The molecule has 0 radical (unpaired) electrons. The number of aromatic nitrogens is 1. The van der Waals surface area contributed by atoms with Gasteiger partial charge in [-0.2, -0.15) is 0 Å². The van der Waals surface area contributed by atoms with Crippen molar-refractivity contribution >= 4 is 40.5 Å². The summed E-state index contributed by atoms with van der Waals surface area (Å²) in [5, 5.41) is 9.69. The molecule has 0 aliphatic carbocycles. The topological polar surface area (TPSA) is 108 Å². The molecule has 86 valence electrons. The molecule has 1 rings (SSSR count). The number of hydrogen-bond acceptors (Lipinski definition) is 6. The maximum atomic E-state index is 11.2. The van der Waals surface area contributed by atoms with Gasteiger partial charge in [0.25, 0.3) is 0 Å². The van der Waals surface area contributed by atoms with E-state index < -0.39 is 27.4 Å². The number of ether oxygens (including phenoxy) is 1. The van der Waals surface area contributed by atoms with E-state index in [4.69, 9.17) is 28.9 Å². The summed E-state index contributed by atoms with van der Waals surface area (Å²) in [7, 11) is 1.10. The normalized spacial score (nSPS) is 9.94. The third kappa shape index (κ3) is 2.00. The second-order valence-electron chi connectivity index (χ2n) is 2.58. The smallest absolute Gasteiger partial charge is 0.358 e. The highest BCUT2D eigenvalue weighted by molar-refractivity contribution is 6.38. The molecular weight excluding hydrogens is 261 g/mol. The van der Waals surface area contributed by atoms with Gasteiger partial charge in [0.15, 0.2) is 5.69 Å². The van der Waals surface area contributed by atoms with Crippen LogP contribution in [-0.2, 0) is 4.74 Å². The van der Waals surface area contributed by atoms with Gasteiger partial charge in [-0.05, 0) is 0 Å². The Kier molecular flexibility index (Phi) is 3.51. The fourth-order valence-electron chi connectivity index (χ4n) is 0.948. The Hall–Kier alpha value is -1.60. The van der Waals surface area contributed by atoms with E-state index in [2.05, 4.69) is 9.72 Å². The first-order valence-corrected chi connectivity index (χ1v) is 4.53. The van der Waals surface area contributed by atoms with E-state index in [0.717, 1.165) is 7.11 Å². The van der Waals surface area contributed by atoms with E-state index in [1.165, 1.54) is 0 Å². The SMILES string of the molecule is COC(=O)c1nc(Cl)c([N+](=O)[O-])c(N)c1Cl. The van der Waals surface area contributed by atoms with Crippen LogP contribution in [0.15, 0.2) is 0 Å². The fourth-order valence-corrected chi connectivity index (χ4v) is 1.41. The van der Waals surface area contributed by atoms with Crippen molar-refractivity contribution in [2.75, 3.05) is 12.8 Å². The predicted molar refractivity (Wildman–Crippen MR) is 56.7 cm³/mol. The summed E-state index contributed by atoms with van der Waals surface area (Å²) in [6, 6.07) is 0. The van der Waals surface area contributed by atoms with Gasteiger partial charge in [0, 0.05) is 0 Å². The summed E-state index contributed by atoms with van der Waals surface area (Å²) in [6.07, 6.45) is 0. The van der Waals surface area contributed by atoms with Crippen LogP contribution >= 0.6 is 23.2 Å². The number of anilines is 1. The van der Waals surface area contributed by atoms with E-state index in [9.17, 15) is 14.9 Å². The highest BCUT2D eigenvalue weighted by Gasteiger charge is 2.27. The number of halogens is 2. The summed E-state index contributed by atoms with van der Waals surface area (Å²) < 4.78 is 4.36. The van der Waals surface area contributed by atoms with E-state index in [1.54, 1.807) is 0 Å². The summed E-state index contributed by atoms with van der Waals surface area (Å²) in [5.41, 5.74) is 3.94. The molecule has 9 heteroatoms. The van der Waals surface area contributed by atoms with Gasteiger partial charge in [-0.1, -0.05) is 23.2 Å². The average Bonchev–Trinajstić information content (AvgIpc) is 2.22. The van der Waals surface area contributed by atoms with Crippen LogP contribution in [-0.4, -0.2) is 23.0 Å². The van der Waals surface area contributed by atoms with Gasteiger partial charge in [0.1, 0.15) is 10.7 Å². The number of hydrogen-bond donors (Lipinski definition) is 1. The first-order chi connectivity index (χ1) is 7.40.